The van der Waals surface area contributed by atoms with Crippen molar-refractivity contribution in [2.45, 2.75) is 50.6 Å². The monoisotopic (exact) mass is 413 g/mol. The van der Waals surface area contributed by atoms with Crippen molar-refractivity contribution >= 4 is 16.7 Å². The fraction of sp³-hybridized carbons (Fsp3) is 0.423. The summed E-state index contributed by atoms with van der Waals surface area (Å²) in [5, 5.41) is 9.20. The summed E-state index contributed by atoms with van der Waals surface area (Å²) in [6.45, 7) is 0.349. The highest BCUT2D eigenvalue weighted by Gasteiger charge is 2.51. The van der Waals surface area contributed by atoms with Gasteiger partial charge >= 0.3 is 0 Å². The van der Waals surface area contributed by atoms with E-state index in [1.807, 2.05) is 48.5 Å². The molecule has 5 heteroatoms. The predicted molar refractivity (Wildman–Crippen MR) is 120 cm³/mol. The van der Waals surface area contributed by atoms with Gasteiger partial charge in [0.15, 0.2) is 5.69 Å². The first-order valence-corrected chi connectivity index (χ1v) is 11.4. The number of rotatable bonds is 4. The second kappa shape index (κ2) is 7.04. The summed E-state index contributed by atoms with van der Waals surface area (Å²) < 4.78 is 1.44. The zero-order valence-corrected chi connectivity index (χ0v) is 17.6. The molecule has 3 aromatic rings. The molecule has 0 aliphatic heterocycles. The van der Waals surface area contributed by atoms with Crippen LogP contribution in [0.15, 0.2) is 59.4 Å². The first kappa shape index (κ1) is 18.8. The number of carbonyl (C=O) groups excluding carboxylic acids is 1. The van der Waals surface area contributed by atoms with Crippen LogP contribution in [0, 0.1) is 17.8 Å². The maximum Gasteiger partial charge on any atom is 0.274 e. The third kappa shape index (κ3) is 3.27. The van der Waals surface area contributed by atoms with Crippen molar-refractivity contribution in [3.63, 3.8) is 0 Å². The third-order valence-electron chi connectivity index (χ3n) is 7.67. The Morgan fingerprint density at radius 3 is 2.13 bits per heavy atom. The minimum atomic E-state index is -0.161. The van der Waals surface area contributed by atoms with E-state index < -0.39 is 0 Å². The third-order valence-corrected chi connectivity index (χ3v) is 7.67. The van der Waals surface area contributed by atoms with E-state index in [9.17, 15) is 9.59 Å². The Bertz CT molecular complexity index is 1180. The molecule has 7 rings (SSSR count). The van der Waals surface area contributed by atoms with Crippen LogP contribution in [0.25, 0.3) is 10.8 Å². The van der Waals surface area contributed by atoms with E-state index in [0.717, 1.165) is 42.6 Å². The van der Waals surface area contributed by atoms with Crippen LogP contribution in [0.5, 0.6) is 0 Å². The molecule has 2 aromatic carbocycles. The largest absolute Gasteiger partial charge is 0.345 e. The van der Waals surface area contributed by atoms with Crippen LogP contribution in [0.1, 0.15) is 54.6 Å². The molecule has 1 amide bonds. The lowest BCUT2D eigenvalue weighted by atomic mass is 9.53. The first-order chi connectivity index (χ1) is 15.1. The van der Waals surface area contributed by atoms with Crippen molar-refractivity contribution in [1.29, 1.82) is 0 Å². The number of aromatic nitrogens is 2. The minimum absolute atomic E-state index is 0.0883. The molecule has 4 fully saturated rings. The van der Waals surface area contributed by atoms with Gasteiger partial charge in [0.05, 0.1) is 11.9 Å². The Kier molecular flexibility index (Phi) is 4.27. The SMILES string of the molecule is O=C(NC12CC3CC(CC(C3)C1)C2)c1nn(Cc2ccccc2)c(=O)c2ccccc12. The van der Waals surface area contributed by atoms with Gasteiger partial charge < -0.3 is 5.32 Å². The quantitative estimate of drug-likeness (QED) is 0.699. The molecular weight excluding hydrogens is 386 g/mol. The molecule has 0 unspecified atom stereocenters. The molecule has 4 bridgehead atoms. The summed E-state index contributed by atoms with van der Waals surface area (Å²) in [6.07, 6.45) is 7.26. The van der Waals surface area contributed by atoms with Gasteiger partial charge in [0.1, 0.15) is 0 Å². The van der Waals surface area contributed by atoms with Crippen molar-refractivity contribution in [3.05, 3.63) is 76.2 Å². The molecule has 0 spiro atoms. The first-order valence-electron chi connectivity index (χ1n) is 11.4. The zero-order valence-electron chi connectivity index (χ0n) is 17.6. The van der Waals surface area contributed by atoms with Gasteiger partial charge in [-0.1, -0.05) is 48.5 Å². The smallest absolute Gasteiger partial charge is 0.274 e. The van der Waals surface area contributed by atoms with Gasteiger partial charge in [0, 0.05) is 10.9 Å². The maximum atomic E-state index is 13.6. The number of carbonyl (C=O) groups is 1. The number of amides is 1. The Morgan fingerprint density at radius 1 is 0.903 bits per heavy atom. The lowest BCUT2D eigenvalue weighted by molar-refractivity contribution is -0.0167. The molecular formula is C26H27N3O2. The fourth-order valence-electron chi connectivity index (χ4n) is 6.83. The molecule has 0 saturated heterocycles. The summed E-state index contributed by atoms with van der Waals surface area (Å²) in [5.41, 5.74) is 1.10. The molecule has 4 saturated carbocycles. The minimum Gasteiger partial charge on any atom is -0.345 e. The molecule has 5 nitrogen and oxygen atoms in total. The van der Waals surface area contributed by atoms with Gasteiger partial charge in [-0.15, -0.1) is 0 Å². The lowest BCUT2D eigenvalue weighted by Crippen LogP contribution is -2.60. The van der Waals surface area contributed by atoms with Crippen LogP contribution < -0.4 is 10.9 Å². The van der Waals surface area contributed by atoms with Crippen LogP contribution >= 0.6 is 0 Å². The van der Waals surface area contributed by atoms with E-state index in [2.05, 4.69) is 10.4 Å². The Balaban J connectivity index is 1.38. The highest BCUT2D eigenvalue weighted by atomic mass is 16.2. The molecule has 4 aliphatic carbocycles. The molecule has 1 N–H and O–H groups in total. The van der Waals surface area contributed by atoms with Crippen molar-refractivity contribution in [2.75, 3.05) is 0 Å². The van der Waals surface area contributed by atoms with E-state index >= 15 is 0 Å². The van der Waals surface area contributed by atoms with Gasteiger partial charge in [0.25, 0.3) is 11.5 Å². The topological polar surface area (TPSA) is 64.0 Å². The normalized spacial score (nSPS) is 28.7. The highest BCUT2D eigenvalue weighted by molar-refractivity contribution is 6.05. The summed E-state index contributed by atoms with van der Waals surface area (Å²) >= 11 is 0. The van der Waals surface area contributed by atoms with E-state index in [1.54, 1.807) is 6.07 Å². The zero-order chi connectivity index (χ0) is 21.0. The number of nitrogens with one attached hydrogen (secondary N) is 1. The molecule has 0 atom stereocenters. The van der Waals surface area contributed by atoms with Crippen LogP contribution in [-0.2, 0) is 6.54 Å². The fourth-order valence-corrected chi connectivity index (χ4v) is 6.83. The van der Waals surface area contributed by atoms with E-state index in [0.29, 0.717) is 23.0 Å². The van der Waals surface area contributed by atoms with Crippen LogP contribution in [0.2, 0.25) is 0 Å². The molecule has 0 radical (unpaired) electrons. The maximum absolute atomic E-state index is 13.6. The Morgan fingerprint density at radius 2 is 1.48 bits per heavy atom. The van der Waals surface area contributed by atoms with E-state index in [4.69, 9.17) is 0 Å². The highest BCUT2D eigenvalue weighted by Crippen LogP contribution is 2.55. The number of benzene rings is 2. The molecule has 4 aliphatic rings. The van der Waals surface area contributed by atoms with Gasteiger partial charge in [0.2, 0.25) is 0 Å². The van der Waals surface area contributed by atoms with Gasteiger partial charge in [-0.05, 0) is 67.9 Å². The van der Waals surface area contributed by atoms with Crippen molar-refractivity contribution < 1.29 is 4.79 Å². The van der Waals surface area contributed by atoms with Crippen LogP contribution in [0.3, 0.4) is 0 Å². The summed E-state index contributed by atoms with van der Waals surface area (Å²) in [7, 11) is 0. The number of nitrogens with zero attached hydrogens (tertiary/aromatic N) is 2. The van der Waals surface area contributed by atoms with E-state index in [1.165, 1.54) is 23.9 Å². The second-order valence-electron chi connectivity index (χ2n) is 9.99. The number of fused-ring (bicyclic) bond motifs is 1. The molecule has 1 aromatic heterocycles. The number of hydrogen-bond donors (Lipinski definition) is 1. The average Bonchev–Trinajstić information content (AvgIpc) is 2.75. The summed E-state index contributed by atoms with van der Waals surface area (Å²) in [6, 6.07) is 17.1. The van der Waals surface area contributed by atoms with Crippen molar-refractivity contribution in [1.82, 2.24) is 15.1 Å². The number of hydrogen-bond acceptors (Lipinski definition) is 3. The Labute approximate surface area is 181 Å². The summed E-state index contributed by atoms with van der Waals surface area (Å²) in [5.74, 6) is 2.12. The molecule has 158 valence electrons. The van der Waals surface area contributed by atoms with Crippen molar-refractivity contribution in [2.24, 2.45) is 17.8 Å². The van der Waals surface area contributed by atoms with Crippen LogP contribution in [0.4, 0.5) is 0 Å². The molecule has 1 heterocycles. The standard InChI is InChI=1S/C26H27N3O2/c30-24(27-26-13-18-10-19(14-26)12-20(11-18)15-26)23-21-8-4-5-9-22(21)25(31)29(28-23)16-17-6-2-1-3-7-17/h1-9,18-20H,10-16H2,(H,27,30). The van der Waals surface area contributed by atoms with Gasteiger partial charge in [-0.25, -0.2) is 4.68 Å². The second-order valence-corrected chi connectivity index (χ2v) is 9.99. The van der Waals surface area contributed by atoms with Gasteiger partial charge in [-0.2, -0.15) is 5.10 Å². The average molecular weight is 414 g/mol. The predicted octanol–water partition coefficient (Wildman–Crippen LogP) is 4.14. The van der Waals surface area contributed by atoms with E-state index in [-0.39, 0.29) is 17.0 Å². The van der Waals surface area contributed by atoms with Gasteiger partial charge in [-0.3, -0.25) is 9.59 Å². The molecule has 31 heavy (non-hydrogen) atoms. The van der Waals surface area contributed by atoms with Crippen LogP contribution in [-0.4, -0.2) is 21.2 Å². The summed E-state index contributed by atoms with van der Waals surface area (Å²) in [4.78, 5) is 26.7. The van der Waals surface area contributed by atoms with Crippen molar-refractivity contribution in [3.8, 4) is 0 Å². The lowest BCUT2D eigenvalue weighted by Gasteiger charge is -2.56. The Hall–Kier alpha value is -2.95.